The van der Waals surface area contributed by atoms with Crippen LogP contribution in [0.15, 0.2) is 57.1 Å². The van der Waals surface area contributed by atoms with Crippen molar-refractivity contribution in [2.45, 2.75) is 24.0 Å². The first kappa shape index (κ1) is 31.0. The Morgan fingerprint density at radius 3 is 2.64 bits per heavy atom. The zero-order valence-electron chi connectivity index (χ0n) is 22.6. The maximum Gasteiger partial charge on any atom is 0.352 e. The third-order valence-corrected chi connectivity index (χ3v) is 9.49. The fourth-order valence-corrected chi connectivity index (χ4v) is 7.67. The normalized spacial score (nSPS) is 21.8. The fourth-order valence-electron chi connectivity index (χ4n) is 4.55. The van der Waals surface area contributed by atoms with Crippen molar-refractivity contribution in [3.8, 4) is 0 Å². The van der Waals surface area contributed by atoms with Crippen molar-refractivity contribution in [1.29, 1.82) is 5.41 Å². The van der Waals surface area contributed by atoms with Gasteiger partial charge in [-0.05, 0) is 17.7 Å². The van der Waals surface area contributed by atoms with Crippen molar-refractivity contribution >= 4 is 86.1 Å². The number of hydrogen-bond donors (Lipinski definition) is 6. The van der Waals surface area contributed by atoms with Gasteiger partial charge in [-0.3, -0.25) is 19.9 Å². The number of nitrogens with two attached hydrogens (primary N) is 2. The van der Waals surface area contributed by atoms with Crippen LogP contribution in [0.4, 0.5) is 10.8 Å². The van der Waals surface area contributed by atoms with Crippen LogP contribution in [0, 0.1) is 5.41 Å². The SMILES string of the molecule is N=C1CC(N)N(c2ccccc2)C(SCC2=C(C(=O)O)N3C(=O)C(NC(=O)C(=NOCC(=O)O)c4csc(N)n4)[C@@H]3SC2)=N1. The van der Waals surface area contributed by atoms with Crippen LogP contribution in [0.3, 0.4) is 0 Å². The van der Waals surface area contributed by atoms with E-state index in [1.807, 2.05) is 30.3 Å². The van der Waals surface area contributed by atoms with E-state index in [0.717, 1.165) is 21.9 Å². The number of benzene rings is 1. The molecule has 230 valence electrons. The fraction of sp³-hybridized carbons (Fsp3) is 0.280. The molecule has 44 heavy (non-hydrogen) atoms. The standard InChI is InChI=1S/C25H25N9O7S3/c26-14-6-15(27)33(12-4-2-1-3-5-12)25(30-14)44-9-11-8-42-22-18(21(38)34(22)19(11)23(39)40)31-20(37)17(32-41-7-16(35)36)13-10-43-24(28)29-13/h1-5,10,15,18,22,26H,6-9,27H2,(H2,28,29)(H,31,37)(H,35,36)(H,39,40)/t15?,18?,22-/m0/s1. The van der Waals surface area contributed by atoms with E-state index >= 15 is 0 Å². The summed E-state index contributed by atoms with van der Waals surface area (Å²) < 4.78 is 0. The number of carbonyl (C=O) groups excluding carboxylic acids is 2. The zero-order valence-corrected chi connectivity index (χ0v) is 25.0. The van der Waals surface area contributed by atoms with Gasteiger partial charge in [-0.1, -0.05) is 35.1 Å². The lowest BCUT2D eigenvalue weighted by atomic mass is 10.0. The number of nitrogens with one attached hydrogen (secondary N) is 2. The summed E-state index contributed by atoms with van der Waals surface area (Å²) in [6.07, 6.45) is -0.295. The topological polar surface area (TPSA) is 250 Å². The number of nitrogen functional groups attached to an aromatic ring is 1. The minimum absolute atomic E-state index is 0.0173. The Labute approximate surface area is 261 Å². The number of rotatable bonds is 10. The number of fused-ring (bicyclic) bond motifs is 1. The lowest BCUT2D eigenvalue weighted by molar-refractivity contribution is -0.150. The number of carboxylic acids is 2. The van der Waals surface area contributed by atoms with E-state index in [9.17, 15) is 24.3 Å². The molecule has 1 fully saturated rings. The van der Waals surface area contributed by atoms with Gasteiger partial charge in [0.25, 0.3) is 11.8 Å². The highest BCUT2D eigenvalue weighted by Crippen LogP contribution is 2.41. The average molecular weight is 660 g/mol. The molecule has 3 atom stereocenters. The molecule has 1 aromatic carbocycles. The van der Waals surface area contributed by atoms with Gasteiger partial charge in [0.2, 0.25) is 6.61 Å². The molecule has 2 aromatic rings. The second kappa shape index (κ2) is 13.0. The molecule has 19 heteroatoms. The number of amides is 2. The molecule has 1 saturated heterocycles. The van der Waals surface area contributed by atoms with Crippen LogP contribution in [0.5, 0.6) is 0 Å². The summed E-state index contributed by atoms with van der Waals surface area (Å²) >= 11 is 3.50. The van der Waals surface area contributed by atoms with Gasteiger partial charge in [-0.25, -0.2) is 19.6 Å². The number of carboxylic acid groups (broad SMARTS) is 2. The van der Waals surface area contributed by atoms with Gasteiger partial charge < -0.3 is 36.7 Å². The number of β-lactam (4-membered cyclic amide) rings is 1. The maximum atomic E-state index is 13.2. The number of aliphatic carboxylic acids is 2. The number of para-hydroxylation sites is 1. The van der Waals surface area contributed by atoms with Crippen LogP contribution >= 0.6 is 34.9 Å². The second-order valence-electron chi connectivity index (χ2n) is 9.40. The van der Waals surface area contributed by atoms with Gasteiger partial charge >= 0.3 is 11.9 Å². The summed E-state index contributed by atoms with van der Waals surface area (Å²) in [5.41, 5.74) is 12.7. The molecule has 2 unspecified atom stereocenters. The van der Waals surface area contributed by atoms with E-state index in [1.165, 1.54) is 28.9 Å². The molecule has 16 nitrogen and oxygen atoms in total. The molecular weight excluding hydrogens is 635 g/mol. The lowest BCUT2D eigenvalue weighted by Gasteiger charge is -2.49. The summed E-state index contributed by atoms with van der Waals surface area (Å²) in [7, 11) is 0. The summed E-state index contributed by atoms with van der Waals surface area (Å²) in [4.78, 5) is 65.5. The van der Waals surface area contributed by atoms with Crippen LogP contribution in [0.25, 0.3) is 0 Å². The summed E-state index contributed by atoms with van der Waals surface area (Å²) in [6.45, 7) is -0.818. The molecule has 0 radical (unpaired) electrons. The van der Waals surface area contributed by atoms with E-state index < -0.39 is 53.7 Å². The molecule has 2 amide bonds. The monoisotopic (exact) mass is 659 g/mol. The second-order valence-corrected chi connectivity index (χ2v) is 12.3. The minimum Gasteiger partial charge on any atom is -0.479 e. The van der Waals surface area contributed by atoms with Crippen molar-refractivity contribution < 1.29 is 34.2 Å². The number of anilines is 2. The molecule has 8 N–H and O–H groups in total. The average Bonchev–Trinajstić information content (AvgIpc) is 3.41. The highest BCUT2D eigenvalue weighted by atomic mass is 32.2. The molecule has 4 heterocycles. The molecular formula is C25H25N9O7S3. The molecule has 3 aliphatic rings. The molecule has 5 rings (SSSR count). The zero-order chi connectivity index (χ0) is 31.5. The van der Waals surface area contributed by atoms with Crippen molar-refractivity contribution in [2.24, 2.45) is 15.9 Å². The molecule has 0 spiro atoms. The van der Waals surface area contributed by atoms with Gasteiger partial charge in [0.1, 0.15) is 28.6 Å². The van der Waals surface area contributed by atoms with E-state index in [4.69, 9.17) is 26.8 Å². The number of thioether (sulfide) groups is 2. The van der Waals surface area contributed by atoms with E-state index in [2.05, 4.69) is 20.4 Å². The van der Waals surface area contributed by atoms with E-state index in [1.54, 1.807) is 4.90 Å². The predicted octanol–water partition coefficient (Wildman–Crippen LogP) is 0.531. The van der Waals surface area contributed by atoms with E-state index in [0.29, 0.717) is 10.7 Å². The Balaban J connectivity index is 1.32. The maximum absolute atomic E-state index is 13.2. The Hall–Kier alpha value is -4.46. The van der Waals surface area contributed by atoms with Crippen molar-refractivity contribution in [2.75, 3.05) is 28.7 Å². The van der Waals surface area contributed by atoms with Crippen LogP contribution in [0.1, 0.15) is 12.1 Å². The minimum atomic E-state index is -1.32. The van der Waals surface area contributed by atoms with Crippen LogP contribution in [0.2, 0.25) is 0 Å². The molecule has 1 aromatic heterocycles. The molecule has 0 bridgehead atoms. The van der Waals surface area contributed by atoms with Crippen molar-refractivity contribution in [1.82, 2.24) is 15.2 Å². The number of aliphatic imine (C=N–C) groups is 1. The highest BCUT2D eigenvalue weighted by molar-refractivity contribution is 8.14. The molecule has 3 aliphatic heterocycles. The lowest BCUT2D eigenvalue weighted by Crippen LogP contribution is -2.71. The Morgan fingerprint density at radius 1 is 1.23 bits per heavy atom. The van der Waals surface area contributed by atoms with Crippen molar-refractivity contribution in [3.05, 3.63) is 52.7 Å². The van der Waals surface area contributed by atoms with Gasteiger partial charge in [0.15, 0.2) is 16.0 Å². The summed E-state index contributed by atoms with van der Waals surface area (Å²) in [5.74, 6) is -3.65. The Bertz CT molecular complexity index is 1610. The number of carbonyl (C=O) groups is 4. The van der Waals surface area contributed by atoms with Gasteiger partial charge in [-0.15, -0.1) is 23.1 Å². The first-order valence-corrected chi connectivity index (χ1v) is 15.7. The molecule has 0 saturated carbocycles. The molecule has 0 aliphatic carbocycles. The van der Waals surface area contributed by atoms with Crippen LogP contribution in [-0.2, 0) is 24.0 Å². The van der Waals surface area contributed by atoms with Crippen LogP contribution < -0.4 is 21.7 Å². The third kappa shape index (κ3) is 6.39. The third-order valence-electron chi connectivity index (χ3n) is 6.44. The Kier molecular flexibility index (Phi) is 9.18. The largest absolute Gasteiger partial charge is 0.479 e. The highest BCUT2D eigenvalue weighted by Gasteiger charge is 2.54. The van der Waals surface area contributed by atoms with Gasteiger partial charge in [0, 0.05) is 29.0 Å². The summed E-state index contributed by atoms with van der Waals surface area (Å²) in [5, 5.41) is 34.4. The smallest absolute Gasteiger partial charge is 0.352 e. The van der Waals surface area contributed by atoms with E-state index in [-0.39, 0.29) is 40.3 Å². The predicted molar refractivity (Wildman–Crippen MR) is 165 cm³/mol. The van der Waals surface area contributed by atoms with Crippen molar-refractivity contribution in [3.63, 3.8) is 0 Å². The number of oxime groups is 1. The number of hydrogen-bond acceptors (Lipinski definition) is 14. The number of amidine groups is 2. The van der Waals surface area contributed by atoms with Gasteiger partial charge in [-0.2, -0.15) is 0 Å². The van der Waals surface area contributed by atoms with Gasteiger partial charge in [0.05, 0.1) is 6.17 Å². The number of thiazole rings is 1. The number of aromatic nitrogens is 1. The number of nitrogens with zero attached hydrogens (tertiary/aromatic N) is 5. The quantitative estimate of drug-likeness (QED) is 0.116. The Morgan fingerprint density at radius 2 is 1.98 bits per heavy atom. The first-order chi connectivity index (χ1) is 21.0. The first-order valence-electron chi connectivity index (χ1n) is 12.8. The summed E-state index contributed by atoms with van der Waals surface area (Å²) in [6, 6.07) is 8.19. The van der Waals surface area contributed by atoms with Crippen LogP contribution in [-0.4, -0.2) is 96.3 Å².